The van der Waals surface area contributed by atoms with Gasteiger partial charge in [0.2, 0.25) is 0 Å². The van der Waals surface area contributed by atoms with E-state index in [1.807, 2.05) is 37.5 Å². The molecule has 19 heavy (non-hydrogen) atoms. The molecule has 6 heteroatoms. The number of hydrogen-bond donors (Lipinski definition) is 1. The lowest BCUT2D eigenvalue weighted by Crippen LogP contribution is -2.16. The van der Waals surface area contributed by atoms with Crippen LogP contribution < -0.4 is 15.4 Å². The number of nitrogens with two attached hydrogens (primary N) is 1. The molecule has 0 amide bonds. The van der Waals surface area contributed by atoms with Gasteiger partial charge in [-0.25, -0.2) is 0 Å². The van der Waals surface area contributed by atoms with Gasteiger partial charge in [-0.1, -0.05) is 11.3 Å². The summed E-state index contributed by atoms with van der Waals surface area (Å²) in [6, 6.07) is 7.92. The highest BCUT2D eigenvalue weighted by Crippen LogP contribution is 2.20. The number of nitrogens with zero attached hydrogens (tertiary/aromatic N) is 4. The van der Waals surface area contributed by atoms with Crippen molar-refractivity contribution in [2.45, 2.75) is 13.1 Å². The van der Waals surface area contributed by atoms with Gasteiger partial charge in [-0.15, -0.1) is 5.10 Å². The number of aromatic nitrogens is 3. The molecule has 102 valence electrons. The molecule has 0 saturated heterocycles. The fraction of sp³-hybridized carbons (Fsp3) is 0.385. The van der Waals surface area contributed by atoms with Crippen molar-refractivity contribution in [3.8, 4) is 5.75 Å². The van der Waals surface area contributed by atoms with E-state index in [0.29, 0.717) is 19.6 Å². The maximum absolute atomic E-state index is 5.48. The van der Waals surface area contributed by atoms with E-state index in [9.17, 15) is 0 Å². The van der Waals surface area contributed by atoms with Crippen LogP contribution in [0.15, 0.2) is 30.5 Å². The Morgan fingerprint density at radius 1 is 1.42 bits per heavy atom. The van der Waals surface area contributed by atoms with Crippen molar-refractivity contribution in [3.63, 3.8) is 0 Å². The van der Waals surface area contributed by atoms with Crippen LogP contribution in [0.2, 0.25) is 0 Å². The van der Waals surface area contributed by atoms with Gasteiger partial charge < -0.3 is 15.4 Å². The first-order chi connectivity index (χ1) is 9.22. The van der Waals surface area contributed by atoms with E-state index in [1.165, 1.54) is 0 Å². The van der Waals surface area contributed by atoms with Crippen LogP contribution in [-0.4, -0.2) is 35.7 Å². The molecule has 0 aliphatic rings. The summed E-state index contributed by atoms with van der Waals surface area (Å²) in [5, 5.41) is 8.15. The van der Waals surface area contributed by atoms with Crippen molar-refractivity contribution in [1.82, 2.24) is 15.0 Å². The Morgan fingerprint density at radius 2 is 2.26 bits per heavy atom. The predicted octanol–water partition coefficient (Wildman–Crippen LogP) is 0.882. The summed E-state index contributed by atoms with van der Waals surface area (Å²) in [6.07, 6.45) is 1.92. The van der Waals surface area contributed by atoms with Crippen molar-refractivity contribution in [1.29, 1.82) is 0 Å². The maximum Gasteiger partial charge on any atom is 0.120 e. The first kappa shape index (κ1) is 13.4. The molecule has 0 bridgehead atoms. The highest BCUT2D eigenvalue weighted by Gasteiger charge is 2.06. The molecule has 1 heterocycles. The lowest BCUT2D eigenvalue weighted by Gasteiger charge is -2.18. The molecule has 0 unspecified atom stereocenters. The number of anilines is 1. The maximum atomic E-state index is 5.48. The van der Waals surface area contributed by atoms with Gasteiger partial charge in [-0.2, -0.15) is 0 Å². The zero-order chi connectivity index (χ0) is 13.7. The number of ether oxygens (including phenoxy) is 1. The van der Waals surface area contributed by atoms with Crippen LogP contribution in [0.4, 0.5) is 5.69 Å². The van der Waals surface area contributed by atoms with E-state index in [-0.39, 0.29) is 0 Å². The van der Waals surface area contributed by atoms with Crippen molar-refractivity contribution >= 4 is 5.69 Å². The SMILES string of the molecule is COc1cccc(N(C)Cc2cn(CCN)nn2)c1. The number of rotatable bonds is 6. The van der Waals surface area contributed by atoms with Crippen LogP contribution >= 0.6 is 0 Å². The fourth-order valence-electron chi connectivity index (χ4n) is 1.83. The molecule has 0 aliphatic carbocycles. The van der Waals surface area contributed by atoms with Crippen molar-refractivity contribution in [2.24, 2.45) is 5.73 Å². The number of methoxy groups -OCH3 is 1. The van der Waals surface area contributed by atoms with E-state index in [4.69, 9.17) is 10.5 Å². The summed E-state index contributed by atoms with van der Waals surface area (Å²) in [5.41, 5.74) is 7.47. The number of hydrogen-bond acceptors (Lipinski definition) is 5. The lowest BCUT2D eigenvalue weighted by molar-refractivity contribution is 0.415. The Labute approximate surface area is 112 Å². The number of benzene rings is 1. The van der Waals surface area contributed by atoms with E-state index in [2.05, 4.69) is 15.2 Å². The highest BCUT2D eigenvalue weighted by atomic mass is 16.5. The normalized spacial score (nSPS) is 10.5. The Balaban J connectivity index is 2.04. The molecule has 0 spiro atoms. The van der Waals surface area contributed by atoms with Crippen LogP contribution in [0.25, 0.3) is 0 Å². The van der Waals surface area contributed by atoms with E-state index < -0.39 is 0 Å². The fourth-order valence-corrected chi connectivity index (χ4v) is 1.83. The third-order valence-electron chi connectivity index (χ3n) is 2.84. The van der Waals surface area contributed by atoms with Crippen molar-refractivity contribution < 1.29 is 4.74 Å². The van der Waals surface area contributed by atoms with E-state index in [0.717, 1.165) is 17.1 Å². The highest BCUT2D eigenvalue weighted by molar-refractivity contribution is 5.50. The summed E-state index contributed by atoms with van der Waals surface area (Å²) in [6.45, 7) is 1.95. The molecule has 6 nitrogen and oxygen atoms in total. The average Bonchev–Trinajstić information content (AvgIpc) is 2.86. The van der Waals surface area contributed by atoms with Gasteiger partial charge in [0.05, 0.1) is 26.4 Å². The van der Waals surface area contributed by atoms with E-state index in [1.54, 1.807) is 11.8 Å². The molecule has 1 aromatic carbocycles. The molecule has 2 aromatic rings. The van der Waals surface area contributed by atoms with Crippen LogP contribution in [0.1, 0.15) is 5.69 Å². The molecule has 2 rings (SSSR count). The van der Waals surface area contributed by atoms with Gasteiger partial charge in [-0.3, -0.25) is 4.68 Å². The molecule has 0 aliphatic heterocycles. The molecule has 0 radical (unpaired) electrons. The third-order valence-corrected chi connectivity index (χ3v) is 2.84. The van der Waals surface area contributed by atoms with Gasteiger partial charge >= 0.3 is 0 Å². The summed E-state index contributed by atoms with van der Waals surface area (Å²) in [5.74, 6) is 0.844. The van der Waals surface area contributed by atoms with Crippen LogP contribution in [0.3, 0.4) is 0 Å². The Kier molecular flexibility index (Phi) is 4.35. The average molecular weight is 261 g/mol. The smallest absolute Gasteiger partial charge is 0.120 e. The quantitative estimate of drug-likeness (QED) is 0.836. The second-order valence-electron chi connectivity index (χ2n) is 4.32. The molecule has 0 atom stereocenters. The zero-order valence-corrected chi connectivity index (χ0v) is 11.3. The molecule has 1 aromatic heterocycles. The standard InChI is InChI=1S/C13H19N5O/c1-17(12-4-3-5-13(8-12)19-2)9-11-10-18(7-6-14)16-15-11/h3-5,8,10H,6-7,9,14H2,1-2H3. The summed E-state index contributed by atoms with van der Waals surface area (Å²) < 4.78 is 6.98. The molecule has 0 saturated carbocycles. The summed E-state index contributed by atoms with van der Waals surface area (Å²) >= 11 is 0. The predicted molar refractivity (Wildman–Crippen MR) is 74.2 cm³/mol. The van der Waals surface area contributed by atoms with Gasteiger partial charge in [0.15, 0.2) is 0 Å². The molecule has 2 N–H and O–H groups in total. The van der Waals surface area contributed by atoms with Crippen molar-refractivity contribution in [3.05, 3.63) is 36.2 Å². The molecular formula is C13H19N5O. The minimum Gasteiger partial charge on any atom is -0.497 e. The molecule has 0 fully saturated rings. The summed E-state index contributed by atoms with van der Waals surface area (Å²) in [4.78, 5) is 2.10. The second-order valence-corrected chi connectivity index (χ2v) is 4.32. The van der Waals surface area contributed by atoms with E-state index >= 15 is 0 Å². The van der Waals surface area contributed by atoms with Gasteiger partial charge in [0.25, 0.3) is 0 Å². The Morgan fingerprint density at radius 3 is 3.00 bits per heavy atom. The second kappa shape index (κ2) is 6.19. The Bertz CT molecular complexity index is 525. The van der Waals surface area contributed by atoms with Gasteiger partial charge in [0, 0.05) is 25.3 Å². The summed E-state index contributed by atoms with van der Waals surface area (Å²) in [7, 11) is 3.67. The zero-order valence-electron chi connectivity index (χ0n) is 11.3. The largest absolute Gasteiger partial charge is 0.497 e. The van der Waals surface area contributed by atoms with Crippen LogP contribution in [-0.2, 0) is 13.1 Å². The van der Waals surface area contributed by atoms with Crippen LogP contribution in [0, 0.1) is 0 Å². The topological polar surface area (TPSA) is 69.2 Å². The van der Waals surface area contributed by atoms with Crippen LogP contribution in [0.5, 0.6) is 5.75 Å². The first-order valence-corrected chi connectivity index (χ1v) is 6.17. The lowest BCUT2D eigenvalue weighted by atomic mass is 10.2. The van der Waals surface area contributed by atoms with Gasteiger partial charge in [0.1, 0.15) is 11.4 Å². The minimum absolute atomic E-state index is 0.564. The monoisotopic (exact) mass is 261 g/mol. The third kappa shape index (κ3) is 3.45. The van der Waals surface area contributed by atoms with Gasteiger partial charge in [-0.05, 0) is 12.1 Å². The molecular weight excluding hydrogens is 242 g/mol. The Hall–Kier alpha value is -2.08. The minimum atomic E-state index is 0.564. The van der Waals surface area contributed by atoms with Crippen molar-refractivity contribution in [2.75, 3.05) is 25.6 Å². The first-order valence-electron chi connectivity index (χ1n) is 6.17.